The lowest BCUT2D eigenvalue weighted by molar-refractivity contribution is -0.145. The molecule has 0 spiro atoms. The Labute approximate surface area is 155 Å². The van der Waals surface area contributed by atoms with E-state index < -0.39 is 12.3 Å². The molecule has 1 saturated carbocycles. The lowest BCUT2D eigenvalue weighted by atomic mass is 10.1. The maximum absolute atomic E-state index is 13.5. The highest BCUT2D eigenvalue weighted by Crippen LogP contribution is 2.37. The fourth-order valence-corrected chi connectivity index (χ4v) is 3.32. The van der Waals surface area contributed by atoms with E-state index >= 15 is 0 Å². The van der Waals surface area contributed by atoms with Crippen LogP contribution in [0, 0.1) is 5.92 Å². The summed E-state index contributed by atoms with van der Waals surface area (Å²) in [5.74, 6) is 0.187. The number of aliphatic imine (C=N–C) groups is 2. The zero-order valence-corrected chi connectivity index (χ0v) is 14.7. The number of hydrogen-bond donors (Lipinski definition) is 1. The Morgan fingerprint density at radius 1 is 1.15 bits per heavy atom. The molecule has 2 aliphatic heterocycles. The molecule has 2 heterocycles. The number of rotatable bonds is 5. The minimum atomic E-state index is -4.43. The molecule has 1 aliphatic carbocycles. The number of anilines is 1. The minimum Gasteiger partial charge on any atom is -0.463 e. The van der Waals surface area contributed by atoms with Gasteiger partial charge in [0.05, 0.1) is 6.04 Å². The Hall–Kier alpha value is -2.51. The van der Waals surface area contributed by atoms with Crippen LogP contribution in [0.2, 0.25) is 0 Å². The molecule has 144 valence electrons. The van der Waals surface area contributed by atoms with Gasteiger partial charge < -0.3 is 15.4 Å². The van der Waals surface area contributed by atoms with E-state index in [9.17, 15) is 13.2 Å². The van der Waals surface area contributed by atoms with E-state index in [1.807, 2.05) is 12.1 Å². The van der Waals surface area contributed by atoms with Crippen LogP contribution in [0.5, 0.6) is 0 Å². The summed E-state index contributed by atoms with van der Waals surface area (Å²) in [6.07, 6.45) is 0.296. The molecule has 0 aromatic heterocycles. The topological polar surface area (TPSA) is 63.2 Å². The van der Waals surface area contributed by atoms with Gasteiger partial charge in [0.25, 0.3) is 6.02 Å². The molecule has 8 heteroatoms. The lowest BCUT2D eigenvalue weighted by Crippen LogP contribution is -2.44. The number of ether oxygens (including phenoxy) is 1. The first-order chi connectivity index (χ1) is 12.9. The highest BCUT2D eigenvalue weighted by Gasteiger charge is 2.45. The number of allylic oxidation sites excluding steroid dienone is 1. The minimum absolute atomic E-state index is 0.0412. The molecule has 2 N–H and O–H groups in total. The third-order valence-electron chi connectivity index (χ3n) is 4.96. The van der Waals surface area contributed by atoms with Gasteiger partial charge in [0, 0.05) is 23.5 Å². The van der Waals surface area contributed by atoms with Gasteiger partial charge in [-0.25, -0.2) is 4.99 Å². The van der Waals surface area contributed by atoms with E-state index in [1.165, 1.54) is 11.1 Å². The number of hydrogen-bond acceptors (Lipinski definition) is 5. The highest BCUT2D eigenvalue weighted by atomic mass is 19.4. The van der Waals surface area contributed by atoms with Crippen LogP contribution >= 0.6 is 0 Å². The molecule has 27 heavy (non-hydrogen) atoms. The SMILES string of the molecule is NC1=NC(CCc2ccc(N3C=CC(C4CC4)=N[C@H]3C(F)(F)F)cc2)CO1. The summed E-state index contributed by atoms with van der Waals surface area (Å²) in [7, 11) is 0. The van der Waals surface area contributed by atoms with Crippen LogP contribution in [0.15, 0.2) is 46.5 Å². The van der Waals surface area contributed by atoms with Crippen molar-refractivity contribution in [2.24, 2.45) is 21.6 Å². The number of nitrogens with two attached hydrogens (primary N) is 1. The zero-order valence-electron chi connectivity index (χ0n) is 14.7. The lowest BCUT2D eigenvalue weighted by Gasteiger charge is -2.32. The summed E-state index contributed by atoms with van der Waals surface area (Å²) >= 11 is 0. The van der Waals surface area contributed by atoms with Crippen molar-refractivity contribution in [1.29, 1.82) is 0 Å². The third kappa shape index (κ3) is 4.09. The van der Waals surface area contributed by atoms with Crippen molar-refractivity contribution in [2.45, 2.75) is 44.1 Å². The molecule has 0 radical (unpaired) electrons. The molecule has 0 saturated heterocycles. The molecule has 0 amide bonds. The molecule has 1 aromatic rings. The molecule has 4 rings (SSSR count). The number of aryl methyl sites for hydroxylation is 1. The van der Waals surface area contributed by atoms with Crippen LogP contribution in [-0.4, -0.2) is 36.7 Å². The van der Waals surface area contributed by atoms with Crippen LogP contribution in [0.1, 0.15) is 24.8 Å². The van der Waals surface area contributed by atoms with Crippen molar-refractivity contribution in [3.8, 4) is 0 Å². The number of nitrogens with zero attached hydrogens (tertiary/aromatic N) is 3. The Morgan fingerprint density at radius 2 is 1.89 bits per heavy atom. The zero-order chi connectivity index (χ0) is 19.0. The van der Waals surface area contributed by atoms with Crippen LogP contribution in [0.25, 0.3) is 0 Å². The largest absolute Gasteiger partial charge is 0.463 e. The first-order valence-electron chi connectivity index (χ1n) is 9.06. The molecule has 2 atom stereocenters. The normalized spacial score (nSPS) is 25.2. The van der Waals surface area contributed by atoms with Crippen molar-refractivity contribution in [3.05, 3.63) is 42.1 Å². The molecular formula is C19H21F3N4O. The molecule has 1 aromatic carbocycles. The van der Waals surface area contributed by atoms with Gasteiger partial charge in [-0.1, -0.05) is 12.1 Å². The number of alkyl halides is 3. The molecular weight excluding hydrogens is 357 g/mol. The summed E-state index contributed by atoms with van der Waals surface area (Å²) in [4.78, 5) is 9.34. The number of halogens is 3. The number of benzene rings is 1. The average molecular weight is 378 g/mol. The fourth-order valence-electron chi connectivity index (χ4n) is 3.32. The smallest absolute Gasteiger partial charge is 0.429 e. The number of amidine groups is 1. The summed E-state index contributed by atoms with van der Waals surface area (Å²) in [6, 6.07) is 7.37. The second-order valence-corrected chi connectivity index (χ2v) is 7.10. The van der Waals surface area contributed by atoms with E-state index in [0.29, 0.717) is 18.0 Å². The average Bonchev–Trinajstić information content (AvgIpc) is 3.41. The van der Waals surface area contributed by atoms with Crippen LogP contribution < -0.4 is 10.6 Å². The Kier molecular flexibility index (Phi) is 4.57. The van der Waals surface area contributed by atoms with Gasteiger partial charge in [-0.15, -0.1) is 0 Å². The monoisotopic (exact) mass is 378 g/mol. The van der Waals surface area contributed by atoms with Crippen LogP contribution in [-0.2, 0) is 11.2 Å². The summed E-state index contributed by atoms with van der Waals surface area (Å²) in [6.45, 7) is 0.483. The van der Waals surface area contributed by atoms with E-state index in [0.717, 1.165) is 31.2 Å². The maximum Gasteiger partial charge on any atom is 0.429 e. The van der Waals surface area contributed by atoms with Crippen molar-refractivity contribution < 1.29 is 17.9 Å². The summed E-state index contributed by atoms with van der Waals surface area (Å²) in [5, 5.41) is 0. The fraction of sp³-hybridized carbons (Fsp3) is 0.474. The Morgan fingerprint density at radius 3 is 2.48 bits per heavy atom. The van der Waals surface area contributed by atoms with Gasteiger partial charge in [-0.3, -0.25) is 4.99 Å². The second kappa shape index (κ2) is 6.90. The second-order valence-electron chi connectivity index (χ2n) is 7.10. The third-order valence-corrected chi connectivity index (χ3v) is 4.96. The molecule has 0 bridgehead atoms. The van der Waals surface area contributed by atoms with Gasteiger partial charge in [0.2, 0.25) is 6.17 Å². The molecule has 1 unspecified atom stereocenters. The molecule has 5 nitrogen and oxygen atoms in total. The quantitative estimate of drug-likeness (QED) is 0.854. The van der Waals surface area contributed by atoms with Gasteiger partial charge in [-0.05, 0) is 49.5 Å². The van der Waals surface area contributed by atoms with Crippen LogP contribution in [0.4, 0.5) is 18.9 Å². The molecule has 1 fully saturated rings. The Balaban J connectivity index is 1.45. The van der Waals surface area contributed by atoms with Crippen LogP contribution in [0.3, 0.4) is 0 Å². The van der Waals surface area contributed by atoms with Crippen molar-refractivity contribution in [2.75, 3.05) is 11.5 Å². The van der Waals surface area contributed by atoms with Gasteiger partial charge in [0.1, 0.15) is 6.61 Å². The van der Waals surface area contributed by atoms with Gasteiger partial charge >= 0.3 is 6.18 Å². The van der Waals surface area contributed by atoms with E-state index in [2.05, 4.69) is 9.98 Å². The predicted octanol–water partition coefficient (Wildman–Crippen LogP) is 3.41. The predicted molar refractivity (Wildman–Crippen MR) is 97.7 cm³/mol. The van der Waals surface area contributed by atoms with E-state index in [1.54, 1.807) is 18.2 Å². The first kappa shape index (κ1) is 17.9. The van der Waals surface area contributed by atoms with Crippen molar-refractivity contribution in [3.63, 3.8) is 0 Å². The van der Waals surface area contributed by atoms with E-state index in [4.69, 9.17) is 10.5 Å². The highest BCUT2D eigenvalue weighted by molar-refractivity contribution is 5.99. The van der Waals surface area contributed by atoms with Gasteiger partial charge in [0.15, 0.2) is 0 Å². The van der Waals surface area contributed by atoms with E-state index in [-0.39, 0.29) is 18.0 Å². The summed E-state index contributed by atoms with van der Waals surface area (Å²) in [5.41, 5.74) is 7.56. The van der Waals surface area contributed by atoms with Crippen molar-refractivity contribution >= 4 is 17.4 Å². The van der Waals surface area contributed by atoms with Gasteiger partial charge in [-0.2, -0.15) is 13.2 Å². The first-order valence-corrected chi connectivity index (χ1v) is 9.06. The summed E-state index contributed by atoms with van der Waals surface area (Å²) < 4.78 is 45.7. The Bertz CT molecular complexity index is 781. The van der Waals surface area contributed by atoms with Crippen molar-refractivity contribution in [1.82, 2.24) is 0 Å². The maximum atomic E-state index is 13.5. The standard InChI is InChI=1S/C19H21F3N4O/c20-19(21,22)17-25-16(13-4-5-13)9-10-26(17)15-7-2-12(3-8-15)1-6-14-11-27-18(23)24-14/h2-3,7-10,13-14,17H,1,4-6,11H2,(H2,23,24)/t14?,17-/m1/s1. The molecule has 3 aliphatic rings.